The Bertz CT molecular complexity index is 589. The van der Waals surface area contributed by atoms with Gasteiger partial charge in [0.2, 0.25) is 0 Å². The topological polar surface area (TPSA) is 30.3 Å². The highest BCUT2D eigenvalue weighted by Crippen LogP contribution is 2.30. The Labute approximate surface area is 127 Å². The molecule has 2 aromatic rings. The lowest BCUT2D eigenvalue weighted by Gasteiger charge is -2.24. The van der Waals surface area contributed by atoms with Gasteiger partial charge in [0.1, 0.15) is 11.6 Å². The minimum absolute atomic E-state index is 0.495. The molecule has 1 aromatic heterocycles. The van der Waals surface area contributed by atoms with Crippen molar-refractivity contribution >= 4 is 0 Å². The fraction of sp³-hybridized carbons (Fsp3) is 0.471. The van der Waals surface area contributed by atoms with Crippen molar-refractivity contribution < 1.29 is 4.74 Å². The van der Waals surface area contributed by atoms with Gasteiger partial charge in [0.25, 0.3) is 0 Å². The molecular weight excluding hydrogens is 262 g/mol. The van der Waals surface area contributed by atoms with Crippen LogP contribution in [0.15, 0.2) is 30.6 Å². The van der Waals surface area contributed by atoms with Crippen LogP contribution >= 0.6 is 0 Å². The SMILES string of the molecule is CC[C@H](Cn1ccnc1-c1ccc(C)cc1OC)N(C)C. The summed E-state index contributed by atoms with van der Waals surface area (Å²) in [5.74, 6) is 1.84. The maximum atomic E-state index is 5.52. The van der Waals surface area contributed by atoms with Crippen LogP contribution in [0.4, 0.5) is 0 Å². The van der Waals surface area contributed by atoms with Gasteiger partial charge < -0.3 is 14.2 Å². The number of aromatic nitrogens is 2. The van der Waals surface area contributed by atoms with Crippen molar-refractivity contribution in [2.24, 2.45) is 0 Å². The van der Waals surface area contributed by atoms with Gasteiger partial charge in [-0.1, -0.05) is 13.0 Å². The molecular formula is C17H25N3O. The zero-order chi connectivity index (χ0) is 15.4. The highest BCUT2D eigenvalue weighted by atomic mass is 16.5. The normalized spacial score (nSPS) is 12.7. The van der Waals surface area contributed by atoms with Crippen LogP contribution in [-0.2, 0) is 6.54 Å². The van der Waals surface area contributed by atoms with Gasteiger partial charge in [-0.15, -0.1) is 0 Å². The molecule has 0 aliphatic heterocycles. The molecule has 0 radical (unpaired) electrons. The molecule has 0 saturated carbocycles. The van der Waals surface area contributed by atoms with Crippen LogP contribution in [-0.4, -0.2) is 41.7 Å². The summed E-state index contributed by atoms with van der Waals surface area (Å²) in [5, 5.41) is 0. The van der Waals surface area contributed by atoms with Crippen molar-refractivity contribution in [2.45, 2.75) is 32.9 Å². The van der Waals surface area contributed by atoms with Crippen LogP contribution in [0.25, 0.3) is 11.4 Å². The Morgan fingerprint density at radius 2 is 2.10 bits per heavy atom. The molecule has 0 fully saturated rings. The molecule has 1 atom stereocenters. The number of imidazole rings is 1. The van der Waals surface area contributed by atoms with E-state index >= 15 is 0 Å². The number of likely N-dealkylation sites (N-methyl/N-ethyl adjacent to an activating group) is 1. The molecule has 0 unspecified atom stereocenters. The third kappa shape index (κ3) is 3.45. The second-order valence-corrected chi connectivity index (χ2v) is 5.63. The molecule has 0 bridgehead atoms. The monoisotopic (exact) mass is 287 g/mol. The highest BCUT2D eigenvalue weighted by molar-refractivity contribution is 5.65. The molecule has 0 N–H and O–H groups in total. The average molecular weight is 287 g/mol. The predicted molar refractivity (Wildman–Crippen MR) is 86.7 cm³/mol. The van der Waals surface area contributed by atoms with Gasteiger partial charge in [-0.25, -0.2) is 4.98 Å². The van der Waals surface area contributed by atoms with Crippen molar-refractivity contribution in [2.75, 3.05) is 21.2 Å². The van der Waals surface area contributed by atoms with Crippen molar-refractivity contribution in [1.29, 1.82) is 0 Å². The zero-order valence-corrected chi connectivity index (χ0v) is 13.6. The van der Waals surface area contributed by atoms with E-state index in [9.17, 15) is 0 Å². The fourth-order valence-corrected chi connectivity index (χ4v) is 2.57. The standard InChI is InChI=1S/C17H25N3O/c1-6-14(19(3)4)12-20-10-9-18-17(20)15-8-7-13(2)11-16(15)21-5/h7-11,14H,6,12H2,1-5H3/t14-/m1/s1. The first kappa shape index (κ1) is 15.6. The third-order valence-corrected chi connectivity index (χ3v) is 3.92. The summed E-state index contributed by atoms with van der Waals surface area (Å²) in [6.45, 7) is 5.21. The number of methoxy groups -OCH3 is 1. The number of rotatable bonds is 6. The summed E-state index contributed by atoms with van der Waals surface area (Å²) in [6.07, 6.45) is 5.01. The maximum Gasteiger partial charge on any atom is 0.143 e. The van der Waals surface area contributed by atoms with E-state index in [1.165, 1.54) is 5.56 Å². The highest BCUT2D eigenvalue weighted by Gasteiger charge is 2.15. The third-order valence-electron chi connectivity index (χ3n) is 3.92. The quantitative estimate of drug-likeness (QED) is 0.817. The molecule has 2 rings (SSSR count). The minimum Gasteiger partial charge on any atom is -0.496 e. The number of nitrogens with zero attached hydrogens (tertiary/aromatic N) is 3. The van der Waals surface area contributed by atoms with Crippen LogP contribution in [0, 0.1) is 6.92 Å². The van der Waals surface area contributed by atoms with E-state index in [2.05, 4.69) is 60.6 Å². The molecule has 0 aliphatic rings. The summed E-state index contributed by atoms with van der Waals surface area (Å²) in [7, 11) is 5.95. The first-order valence-electron chi connectivity index (χ1n) is 7.39. The van der Waals surface area contributed by atoms with Gasteiger partial charge in [-0.2, -0.15) is 0 Å². The van der Waals surface area contributed by atoms with Crippen LogP contribution < -0.4 is 4.74 Å². The number of aryl methyl sites for hydroxylation is 1. The van der Waals surface area contributed by atoms with Crippen LogP contribution in [0.2, 0.25) is 0 Å². The number of benzene rings is 1. The van der Waals surface area contributed by atoms with Gasteiger partial charge >= 0.3 is 0 Å². The molecule has 0 spiro atoms. The molecule has 4 nitrogen and oxygen atoms in total. The Kier molecular flexibility index (Phi) is 5.02. The zero-order valence-electron chi connectivity index (χ0n) is 13.6. The smallest absolute Gasteiger partial charge is 0.143 e. The molecule has 21 heavy (non-hydrogen) atoms. The van der Waals surface area contributed by atoms with E-state index in [1.807, 2.05) is 12.4 Å². The Hall–Kier alpha value is -1.81. The van der Waals surface area contributed by atoms with E-state index in [0.717, 1.165) is 30.1 Å². The van der Waals surface area contributed by atoms with Gasteiger partial charge in [0.05, 0.1) is 12.7 Å². The van der Waals surface area contributed by atoms with E-state index in [-0.39, 0.29) is 0 Å². The van der Waals surface area contributed by atoms with Crippen molar-refractivity contribution in [1.82, 2.24) is 14.5 Å². The summed E-state index contributed by atoms with van der Waals surface area (Å²) >= 11 is 0. The molecule has 1 aromatic carbocycles. The van der Waals surface area contributed by atoms with E-state index in [1.54, 1.807) is 7.11 Å². The Morgan fingerprint density at radius 3 is 2.71 bits per heavy atom. The Morgan fingerprint density at radius 1 is 1.33 bits per heavy atom. The van der Waals surface area contributed by atoms with Gasteiger partial charge in [0, 0.05) is 25.0 Å². The van der Waals surface area contributed by atoms with E-state index in [4.69, 9.17) is 4.74 Å². The lowest BCUT2D eigenvalue weighted by molar-refractivity contribution is 0.258. The second-order valence-electron chi connectivity index (χ2n) is 5.63. The predicted octanol–water partition coefficient (Wildman–Crippen LogP) is 3.21. The molecule has 0 saturated heterocycles. The first-order valence-corrected chi connectivity index (χ1v) is 7.39. The maximum absolute atomic E-state index is 5.52. The van der Waals surface area contributed by atoms with E-state index < -0.39 is 0 Å². The molecule has 1 heterocycles. The van der Waals surface area contributed by atoms with Gasteiger partial charge in [0.15, 0.2) is 0 Å². The van der Waals surface area contributed by atoms with Crippen LogP contribution in [0.3, 0.4) is 0 Å². The average Bonchev–Trinajstić information content (AvgIpc) is 2.92. The van der Waals surface area contributed by atoms with Crippen molar-refractivity contribution in [3.8, 4) is 17.1 Å². The molecule has 4 heteroatoms. The summed E-state index contributed by atoms with van der Waals surface area (Å²) < 4.78 is 7.73. The second kappa shape index (κ2) is 6.76. The molecule has 0 aliphatic carbocycles. The lowest BCUT2D eigenvalue weighted by Crippen LogP contribution is -2.31. The summed E-state index contributed by atoms with van der Waals surface area (Å²) in [5.41, 5.74) is 2.23. The number of ether oxygens (including phenoxy) is 1. The molecule has 114 valence electrons. The van der Waals surface area contributed by atoms with E-state index in [0.29, 0.717) is 6.04 Å². The Balaban J connectivity index is 2.36. The van der Waals surface area contributed by atoms with Crippen molar-refractivity contribution in [3.05, 3.63) is 36.2 Å². The van der Waals surface area contributed by atoms with Crippen molar-refractivity contribution in [3.63, 3.8) is 0 Å². The van der Waals surface area contributed by atoms with Crippen LogP contribution in [0.5, 0.6) is 5.75 Å². The minimum atomic E-state index is 0.495. The van der Waals surface area contributed by atoms with Gasteiger partial charge in [-0.3, -0.25) is 0 Å². The number of hydrogen-bond acceptors (Lipinski definition) is 3. The summed E-state index contributed by atoms with van der Waals surface area (Å²) in [6, 6.07) is 6.73. The first-order chi connectivity index (χ1) is 10.1. The lowest BCUT2D eigenvalue weighted by atomic mass is 10.1. The summed E-state index contributed by atoms with van der Waals surface area (Å²) in [4.78, 5) is 6.80. The van der Waals surface area contributed by atoms with Crippen LogP contribution in [0.1, 0.15) is 18.9 Å². The fourth-order valence-electron chi connectivity index (χ4n) is 2.57. The van der Waals surface area contributed by atoms with Gasteiger partial charge in [-0.05, 0) is 45.1 Å². The number of hydrogen-bond donors (Lipinski definition) is 0. The largest absolute Gasteiger partial charge is 0.496 e. The molecule has 0 amide bonds.